The van der Waals surface area contributed by atoms with E-state index in [2.05, 4.69) is 5.32 Å². The van der Waals surface area contributed by atoms with Gasteiger partial charge in [-0.3, -0.25) is 9.10 Å². The zero-order chi connectivity index (χ0) is 26.7. The molecule has 0 saturated heterocycles. The van der Waals surface area contributed by atoms with Crippen molar-refractivity contribution in [1.82, 2.24) is 0 Å². The van der Waals surface area contributed by atoms with Gasteiger partial charge in [0.2, 0.25) is 0 Å². The fraction of sp³-hybridized carbons (Fsp3) is 0.192. The lowest BCUT2D eigenvalue weighted by Gasteiger charge is -2.20. The predicted molar refractivity (Wildman–Crippen MR) is 144 cm³/mol. The molecule has 0 aliphatic heterocycles. The molecule has 0 aliphatic rings. The summed E-state index contributed by atoms with van der Waals surface area (Å²) in [4.78, 5) is 13.5. The summed E-state index contributed by atoms with van der Waals surface area (Å²) in [5.74, 6) is 1.51. The number of ether oxygens (including phenoxy) is 4. The van der Waals surface area contributed by atoms with Crippen molar-refractivity contribution in [2.75, 3.05) is 45.1 Å². The van der Waals surface area contributed by atoms with Gasteiger partial charge >= 0.3 is 0 Å². The summed E-state index contributed by atoms with van der Waals surface area (Å²) in [5, 5.41) is 3.59. The molecule has 0 bridgehead atoms. The van der Waals surface area contributed by atoms with E-state index in [9.17, 15) is 13.2 Å². The maximum Gasteiger partial charge on any atom is 0.265 e. The van der Waals surface area contributed by atoms with Gasteiger partial charge in [-0.15, -0.1) is 11.3 Å². The third-order valence-electron chi connectivity index (χ3n) is 5.76. The van der Waals surface area contributed by atoms with Gasteiger partial charge in [0, 0.05) is 23.9 Å². The summed E-state index contributed by atoms with van der Waals surface area (Å²) in [6, 6.07) is 16.5. The molecule has 4 rings (SSSR count). The number of hydrogen-bond donors (Lipinski definition) is 1. The Morgan fingerprint density at radius 2 is 1.51 bits per heavy atom. The number of sulfonamides is 1. The third-order valence-corrected chi connectivity index (χ3v) is 8.65. The van der Waals surface area contributed by atoms with Gasteiger partial charge in [-0.2, -0.15) is 0 Å². The van der Waals surface area contributed by atoms with Crippen molar-refractivity contribution in [2.45, 2.75) is 4.90 Å². The second kappa shape index (κ2) is 10.6. The Balaban J connectivity index is 1.61. The lowest BCUT2D eigenvalue weighted by atomic mass is 10.2. The molecule has 1 heterocycles. The Morgan fingerprint density at radius 3 is 2.19 bits per heavy atom. The molecule has 194 valence electrons. The van der Waals surface area contributed by atoms with Crippen LogP contribution in [0.2, 0.25) is 0 Å². The van der Waals surface area contributed by atoms with Gasteiger partial charge in [-0.25, -0.2) is 8.42 Å². The number of hydrogen-bond acceptors (Lipinski definition) is 8. The Kier molecular flexibility index (Phi) is 7.46. The highest BCUT2D eigenvalue weighted by atomic mass is 32.2. The van der Waals surface area contributed by atoms with Gasteiger partial charge in [-0.1, -0.05) is 0 Å². The van der Waals surface area contributed by atoms with Crippen LogP contribution in [0, 0.1) is 0 Å². The van der Waals surface area contributed by atoms with E-state index >= 15 is 0 Å². The molecule has 1 amide bonds. The Hall–Kier alpha value is -3.96. The minimum Gasteiger partial charge on any atom is -0.497 e. The fourth-order valence-corrected chi connectivity index (χ4v) is 5.85. The number of fused-ring (bicyclic) bond motifs is 1. The number of thiophene rings is 1. The molecular weight excluding hydrogens is 516 g/mol. The molecule has 4 aromatic rings. The number of amides is 1. The number of benzene rings is 3. The van der Waals surface area contributed by atoms with E-state index in [1.807, 2.05) is 0 Å². The van der Waals surface area contributed by atoms with Gasteiger partial charge in [0.25, 0.3) is 15.9 Å². The van der Waals surface area contributed by atoms with Crippen molar-refractivity contribution in [1.29, 1.82) is 0 Å². The predicted octanol–water partition coefficient (Wildman–Crippen LogP) is 5.01. The Morgan fingerprint density at radius 1 is 0.811 bits per heavy atom. The summed E-state index contributed by atoms with van der Waals surface area (Å²) >= 11 is 1.30. The van der Waals surface area contributed by atoms with Gasteiger partial charge in [0.15, 0.2) is 11.5 Å². The molecule has 0 fully saturated rings. The van der Waals surface area contributed by atoms with Gasteiger partial charge in [0.1, 0.15) is 11.5 Å². The first kappa shape index (κ1) is 26.1. The maximum absolute atomic E-state index is 13.3. The van der Waals surface area contributed by atoms with Crippen LogP contribution < -0.4 is 28.6 Å². The normalized spacial score (nSPS) is 11.2. The fourth-order valence-electron chi connectivity index (χ4n) is 3.71. The van der Waals surface area contributed by atoms with E-state index in [4.69, 9.17) is 18.9 Å². The lowest BCUT2D eigenvalue weighted by molar-refractivity contribution is 0.103. The van der Waals surface area contributed by atoms with E-state index in [1.54, 1.807) is 55.6 Å². The summed E-state index contributed by atoms with van der Waals surface area (Å²) < 4.78 is 49.7. The number of methoxy groups -OCH3 is 4. The standard InChI is InChI=1S/C26H26N2O7S2/c1-28(37(30,31)19-8-10-22(34-4)23(15-19)35-5)17-6-11-24-16(12-17)13-25(36-24)26(29)27-20-14-18(32-2)7-9-21(20)33-3/h6-15H,1-5H3,(H,27,29). The lowest BCUT2D eigenvalue weighted by Crippen LogP contribution is -2.26. The van der Waals surface area contributed by atoms with Crippen LogP contribution in [-0.2, 0) is 10.0 Å². The van der Waals surface area contributed by atoms with Crippen LogP contribution in [0.1, 0.15) is 9.67 Å². The number of anilines is 2. The van der Waals surface area contributed by atoms with Gasteiger partial charge in [0.05, 0.1) is 49.6 Å². The summed E-state index contributed by atoms with van der Waals surface area (Å²) in [6.07, 6.45) is 0. The van der Waals surface area contributed by atoms with Gasteiger partial charge in [-0.05, 0) is 53.9 Å². The molecule has 0 atom stereocenters. The minimum atomic E-state index is -3.89. The van der Waals surface area contributed by atoms with E-state index in [0.717, 1.165) is 10.1 Å². The first-order valence-electron chi connectivity index (χ1n) is 11.0. The highest BCUT2D eigenvalue weighted by Gasteiger charge is 2.24. The molecule has 37 heavy (non-hydrogen) atoms. The number of rotatable bonds is 9. The maximum atomic E-state index is 13.3. The summed E-state index contributed by atoms with van der Waals surface area (Å²) in [5.41, 5.74) is 0.923. The molecule has 1 aromatic heterocycles. The molecule has 0 radical (unpaired) electrons. The summed E-state index contributed by atoms with van der Waals surface area (Å²) in [7, 11) is 3.57. The first-order chi connectivity index (χ1) is 17.7. The van der Waals surface area contributed by atoms with Crippen LogP contribution in [0.15, 0.2) is 65.6 Å². The second-order valence-electron chi connectivity index (χ2n) is 7.84. The number of carbonyl (C=O) groups excluding carboxylic acids is 1. The van der Waals surface area contributed by atoms with Crippen molar-refractivity contribution in [3.8, 4) is 23.0 Å². The highest BCUT2D eigenvalue weighted by molar-refractivity contribution is 7.92. The van der Waals surface area contributed by atoms with E-state index in [-0.39, 0.29) is 10.8 Å². The molecule has 0 aliphatic carbocycles. The van der Waals surface area contributed by atoms with Crippen LogP contribution in [0.4, 0.5) is 11.4 Å². The SMILES string of the molecule is COc1ccc(OC)c(NC(=O)c2cc3cc(N(C)S(=O)(=O)c4ccc(OC)c(OC)c4)ccc3s2)c1. The van der Waals surface area contributed by atoms with Crippen molar-refractivity contribution < 1.29 is 32.2 Å². The van der Waals surface area contributed by atoms with Gasteiger partial charge < -0.3 is 24.3 Å². The molecule has 0 spiro atoms. The smallest absolute Gasteiger partial charge is 0.265 e. The molecular formula is C26H26N2O7S2. The molecule has 3 aromatic carbocycles. The Bertz CT molecular complexity index is 1560. The molecule has 11 heteroatoms. The minimum absolute atomic E-state index is 0.0605. The van der Waals surface area contributed by atoms with Crippen molar-refractivity contribution in [3.63, 3.8) is 0 Å². The van der Waals surface area contributed by atoms with E-state index in [1.165, 1.54) is 56.2 Å². The average Bonchev–Trinajstić information content (AvgIpc) is 3.35. The number of carbonyl (C=O) groups is 1. The van der Waals surface area contributed by atoms with Crippen molar-refractivity contribution >= 4 is 48.7 Å². The van der Waals surface area contributed by atoms with Crippen LogP contribution in [0.5, 0.6) is 23.0 Å². The first-order valence-corrected chi connectivity index (χ1v) is 13.3. The molecule has 0 unspecified atom stereocenters. The van der Waals surface area contributed by atoms with Crippen LogP contribution in [0.25, 0.3) is 10.1 Å². The molecule has 9 nitrogen and oxygen atoms in total. The van der Waals surface area contributed by atoms with Crippen LogP contribution in [0.3, 0.4) is 0 Å². The topological polar surface area (TPSA) is 103 Å². The van der Waals surface area contributed by atoms with E-state index in [0.29, 0.717) is 39.2 Å². The monoisotopic (exact) mass is 542 g/mol. The van der Waals surface area contributed by atoms with Crippen molar-refractivity contribution in [2.24, 2.45) is 0 Å². The number of nitrogens with zero attached hydrogens (tertiary/aromatic N) is 1. The van der Waals surface area contributed by atoms with Crippen molar-refractivity contribution in [3.05, 3.63) is 65.5 Å². The largest absolute Gasteiger partial charge is 0.497 e. The van der Waals surface area contributed by atoms with Crippen LogP contribution >= 0.6 is 11.3 Å². The zero-order valence-corrected chi connectivity index (χ0v) is 22.5. The average molecular weight is 543 g/mol. The zero-order valence-electron chi connectivity index (χ0n) is 20.9. The molecule has 1 N–H and O–H groups in total. The van der Waals surface area contributed by atoms with Crippen LogP contribution in [-0.4, -0.2) is 49.8 Å². The molecule has 0 saturated carbocycles. The summed E-state index contributed by atoms with van der Waals surface area (Å²) in [6.45, 7) is 0. The third kappa shape index (κ3) is 5.13. The number of nitrogens with one attached hydrogen (secondary N) is 1. The quantitative estimate of drug-likeness (QED) is 0.317. The highest BCUT2D eigenvalue weighted by Crippen LogP contribution is 2.35. The van der Waals surface area contributed by atoms with E-state index < -0.39 is 10.0 Å². The second-order valence-corrected chi connectivity index (χ2v) is 10.9. The Labute approximate surface area is 219 Å².